The molecule has 0 bridgehead atoms. The fourth-order valence-electron chi connectivity index (χ4n) is 0.977. The van der Waals surface area contributed by atoms with Crippen LogP contribution in [-0.4, -0.2) is 16.9 Å². The van der Waals surface area contributed by atoms with E-state index in [1.54, 1.807) is 30.3 Å². The van der Waals surface area contributed by atoms with Crippen molar-refractivity contribution < 1.29 is 14.5 Å². The standard InChI is InChI=1S/C10H11NO4/c1-8(11(13)14)7-10(12)15-9-5-3-2-4-6-9/h2-6,8H,7H2,1H3. The molecule has 0 heterocycles. The summed E-state index contributed by atoms with van der Waals surface area (Å²) in [5.41, 5.74) is 0. The van der Waals surface area contributed by atoms with Gasteiger partial charge in [-0.25, -0.2) is 0 Å². The second-order valence-corrected chi connectivity index (χ2v) is 3.13. The molecule has 1 aromatic carbocycles. The molecule has 1 unspecified atom stereocenters. The first-order valence-corrected chi connectivity index (χ1v) is 4.49. The number of ether oxygens (including phenoxy) is 1. The number of carbonyl (C=O) groups is 1. The fourth-order valence-corrected chi connectivity index (χ4v) is 0.977. The van der Waals surface area contributed by atoms with Gasteiger partial charge in [-0.05, 0) is 12.1 Å². The van der Waals surface area contributed by atoms with Gasteiger partial charge in [-0.1, -0.05) is 18.2 Å². The van der Waals surface area contributed by atoms with Gasteiger partial charge in [-0.15, -0.1) is 0 Å². The smallest absolute Gasteiger partial charge is 0.318 e. The highest BCUT2D eigenvalue weighted by molar-refractivity contribution is 5.72. The van der Waals surface area contributed by atoms with Crippen LogP contribution in [0.5, 0.6) is 5.75 Å². The highest BCUT2D eigenvalue weighted by Crippen LogP contribution is 2.10. The van der Waals surface area contributed by atoms with E-state index in [4.69, 9.17) is 4.74 Å². The van der Waals surface area contributed by atoms with E-state index in [2.05, 4.69) is 0 Å². The van der Waals surface area contributed by atoms with Crippen molar-refractivity contribution in [2.75, 3.05) is 0 Å². The lowest BCUT2D eigenvalue weighted by Gasteiger charge is -2.04. The lowest BCUT2D eigenvalue weighted by atomic mass is 10.2. The number of hydrogen-bond acceptors (Lipinski definition) is 4. The van der Waals surface area contributed by atoms with Crippen molar-refractivity contribution in [2.45, 2.75) is 19.4 Å². The topological polar surface area (TPSA) is 69.4 Å². The Kier molecular flexibility index (Phi) is 3.79. The number of esters is 1. The van der Waals surface area contributed by atoms with E-state index in [1.807, 2.05) is 0 Å². The number of carbonyl (C=O) groups excluding carboxylic acids is 1. The second-order valence-electron chi connectivity index (χ2n) is 3.13. The third-order valence-corrected chi connectivity index (χ3v) is 1.80. The van der Waals surface area contributed by atoms with E-state index in [1.165, 1.54) is 6.92 Å². The lowest BCUT2D eigenvalue weighted by Crippen LogP contribution is -2.22. The Morgan fingerprint density at radius 2 is 2.07 bits per heavy atom. The first-order chi connectivity index (χ1) is 7.09. The van der Waals surface area contributed by atoms with E-state index >= 15 is 0 Å². The van der Waals surface area contributed by atoms with Crippen LogP contribution in [-0.2, 0) is 4.79 Å². The van der Waals surface area contributed by atoms with Crippen LogP contribution in [0.3, 0.4) is 0 Å². The zero-order valence-electron chi connectivity index (χ0n) is 8.25. The molecule has 1 aromatic rings. The van der Waals surface area contributed by atoms with Crippen LogP contribution >= 0.6 is 0 Å². The molecule has 5 heteroatoms. The molecule has 0 aliphatic heterocycles. The lowest BCUT2D eigenvalue weighted by molar-refractivity contribution is -0.517. The van der Waals surface area contributed by atoms with Crippen molar-refractivity contribution in [1.29, 1.82) is 0 Å². The molecule has 0 radical (unpaired) electrons. The maximum atomic E-state index is 11.2. The number of hydrogen-bond donors (Lipinski definition) is 0. The zero-order valence-corrected chi connectivity index (χ0v) is 8.25. The van der Waals surface area contributed by atoms with E-state index in [-0.39, 0.29) is 6.42 Å². The highest BCUT2D eigenvalue weighted by atomic mass is 16.6. The van der Waals surface area contributed by atoms with Crippen LogP contribution in [0.15, 0.2) is 30.3 Å². The SMILES string of the molecule is CC(CC(=O)Oc1ccccc1)[N+](=O)[O-]. The minimum atomic E-state index is -0.916. The Balaban J connectivity index is 2.47. The quantitative estimate of drug-likeness (QED) is 0.327. The van der Waals surface area contributed by atoms with Gasteiger partial charge in [0.05, 0.1) is 0 Å². The van der Waals surface area contributed by atoms with Gasteiger partial charge in [0, 0.05) is 11.8 Å². The van der Waals surface area contributed by atoms with Crippen molar-refractivity contribution in [3.8, 4) is 5.75 Å². The van der Waals surface area contributed by atoms with Crippen LogP contribution in [0, 0.1) is 10.1 Å². The summed E-state index contributed by atoms with van der Waals surface area (Å²) in [5.74, 6) is -0.191. The van der Waals surface area contributed by atoms with Crippen LogP contribution in [0.4, 0.5) is 0 Å². The number of nitro groups is 1. The number of para-hydroxylation sites is 1. The maximum Gasteiger partial charge on any atom is 0.318 e. The van der Waals surface area contributed by atoms with Crippen molar-refractivity contribution in [1.82, 2.24) is 0 Å². The van der Waals surface area contributed by atoms with Crippen molar-refractivity contribution >= 4 is 5.97 Å². The van der Waals surface area contributed by atoms with Crippen molar-refractivity contribution in [2.24, 2.45) is 0 Å². The first-order valence-electron chi connectivity index (χ1n) is 4.49. The van der Waals surface area contributed by atoms with Gasteiger partial charge < -0.3 is 4.74 Å². The minimum Gasteiger partial charge on any atom is -0.426 e. The monoisotopic (exact) mass is 209 g/mol. The summed E-state index contributed by atoms with van der Waals surface area (Å²) < 4.78 is 4.89. The molecule has 0 saturated heterocycles. The summed E-state index contributed by atoms with van der Waals surface area (Å²) in [7, 11) is 0. The fraction of sp³-hybridized carbons (Fsp3) is 0.300. The van der Waals surface area contributed by atoms with E-state index < -0.39 is 16.9 Å². The zero-order chi connectivity index (χ0) is 11.3. The van der Waals surface area contributed by atoms with Crippen molar-refractivity contribution in [3.63, 3.8) is 0 Å². The molecule has 0 N–H and O–H groups in total. The average Bonchev–Trinajstić information content (AvgIpc) is 2.18. The Bertz CT molecular complexity index is 350. The third kappa shape index (κ3) is 3.76. The Hall–Kier alpha value is -1.91. The molecule has 0 saturated carbocycles. The maximum absolute atomic E-state index is 11.2. The molecule has 0 spiro atoms. The molecule has 0 aliphatic carbocycles. The highest BCUT2D eigenvalue weighted by Gasteiger charge is 2.19. The normalized spacial score (nSPS) is 11.8. The largest absolute Gasteiger partial charge is 0.426 e. The molecule has 1 rings (SSSR count). The Morgan fingerprint density at radius 3 is 2.60 bits per heavy atom. The van der Waals surface area contributed by atoms with Crippen LogP contribution in [0.2, 0.25) is 0 Å². The van der Waals surface area contributed by atoms with Gasteiger partial charge in [-0.2, -0.15) is 0 Å². The predicted octanol–water partition coefficient (Wildman–Crippen LogP) is 1.65. The molecular formula is C10H11NO4. The first kappa shape index (κ1) is 11.2. The molecule has 5 nitrogen and oxygen atoms in total. The summed E-state index contributed by atoms with van der Waals surface area (Å²) in [4.78, 5) is 21.0. The number of rotatable bonds is 4. The molecular weight excluding hydrogens is 198 g/mol. The third-order valence-electron chi connectivity index (χ3n) is 1.80. The molecule has 0 amide bonds. The van der Waals surface area contributed by atoms with Crippen molar-refractivity contribution in [3.05, 3.63) is 40.4 Å². The Labute approximate surface area is 86.8 Å². The molecule has 15 heavy (non-hydrogen) atoms. The predicted molar refractivity (Wildman–Crippen MR) is 53.2 cm³/mol. The molecule has 0 aliphatic rings. The molecule has 0 aromatic heterocycles. The summed E-state index contributed by atoms with van der Waals surface area (Å²) in [6.45, 7) is 1.37. The molecule has 0 fully saturated rings. The summed E-state index contributed by atoms with van der Waals surface area (Å²) in [6, 6.07) is 7.56. The van der Waals surface area contributed by atoms with Crippen LogP contribution in [0.25, 0.3) is 0 Å². The summed E-state index contributed by atoms with van der Waals surface area (Å²) in [6.07, 6.45) is -0.220. The van der Waals surface area contributed by atoms with Crippen LogP contribution in [0.1, 0.15) is 13.3 Å². The van der Waals surface area contributed by atoms with Gasteiger partial charge >= 0.3 is 5.97 Å². The number of nitrogens with zero attached hydrogens (tertiary/aromatic N) is 1. The number of benzene rings is 1. The summed E-state index contributed by atoms with van der Waals surface area (Å²) in [5, 5.41) is 10.3. The second kappa shape index (κ2) is 5.09. The minimum absolute atomic E-state index is 0.220. The average molecular weight is 209 g/mol. The van der Waals surface area contributed by atoms with Gasteiger partial charge in [0.15, 0.2) is 0 Å². The van der Waals surface area contributed by atoms with E-state index in [0.717, 1.165) is 0 Å². The van der Waals surface area contributed by atoms with Gasteiger partial charge in [0.1, 0.15) is 12.2 Å². The van der Waals surface area contributed by atoms with Gasteiger partial charge in [0.2, 0.25) is 6.04 Å². The Morgan fingerprint density at radius 1 is 1.47 bits per heavy atom. The van der Waals surface area contributed by atoms with E-state index in [9.17, 15) is 14.9 Å². The van der Waals surface area contributed by atoms with Gasteiger partial charge in [0.25, 0.3) is 0 Å². The van der Waals surface area contributed by atoms with Crippen LogP contribution < -0.4 is 4.74 Å². The van der Waals surface area contributed by atoms with Gasteiger partial charge in [-0.3, -0.25) is 14.9 Å². The van der Waals surface area contributed by atoms with E-state index in [0.29, 0.717) is 5.75 Å². The summed E-state index contributed by atoms with van der Waals surface area (Å²) >= 11 is 0. The molecule has 80 valence electrons. The molecule has 1 atom stereocenters.